The highest BCUT2D eigenvalue weighted by atomic mass is 16.5. The lowest BCUT2D eigenvalue weighted by molar-refractivity contribution is -0.154. The minimum absolute atomic E-state index is 0.0670. The fourth-order valence-corrected chi connectivity index (χ4v) is 2.99. The van der Waals surface area contributed by atoms with Gasteiger partial charge in [-0.1, -0.05) is 5.92 Å². The van der Waals surface area contributed by atoms with E-state index in [4.69, 9.17) is 4.74 Å². The highest BCUT2D eigenvalue weighted by Crippen LogP contribution is 2.48. The molecule has 2 atom stereocenters. The first kappa shape index (κ1) is 12.0. The van der Waals surface area contributed by atoms with Gasteiger partial charge in [0.15, 0.2) is 0 Å². The molecule has 4 heteroatoms. The number of carbonyl (C=O) groups excluding carboxylic acids is 1. The van der Waals surface area contributed by atoms with E-state index in [0.29, 0.717) is 25.6 Å². The van der Waals surface area contributed by atoms with E-state index >= 15 is 0 Å². The molecule has 0 aromatic carbocycles. The Morgan fingerprint density at radius 2 is 2.06 bits per heavy atom. The van der Waals surface area contributed by atoms with Gasteiger partial charge in [0.1, 0.15) is 0 Å². The molecule has 3 rings (SSSR count). The molecule has 0 radical (unpaired) electrons. The second-order valence-electron chi connectivity index (χ2n) is 5.67. The smallest absolute Gasteiger partial charge is 0.296 e. The molecule has 1 saturated heterocycles. The third-order valence-corrected chi connectivity index (χ3v) is 4.51. The van der Waals surface area contributed by atoms with E-state index in [2.05, 4.69) is 17.2 Å². The van der Waals surface area contributed by atoms with E-state index < -0.39 is 0 Å². The number of aliphatic hydroxyl groups excluding tert-OH is 1. The molecule has 3 aliphatic rings. The highest BCUT2D eigenvalue weighted by Gasteiger charge is 2.55. The Morgan fingerprint density at radius 3 is 2.67 bits per heavy atom. The van der Waals surface area contributed by atoms with Crippen LogP contribution in [0.1, 0.15) is 32.1 Å². The normalized spacial score (nSPS) is 33.2. The highest BCUT2D eigenvalue weighted by molar-refractivity contribution is 5.93. The van der Waals surface area contributed by atoms with Gasteiger partial charge in [0, 0.05) is 30.6 Å². The van der Waals surface area contributed by atoms with Gasteiger partial charge in [0.2, 0.25) is 0 Å². The van der Waals surface area contributed by atoms with Crippen LogP contribution in [0.2, 0.25) is 0 Å². The molecule has 1 aliphatic heterocycles. The summed E-state index contributed by atoms with van der Waals surface area (Å²) in [6.45, 7) is 1.36. The van der Waals surface area contributed by atoms with Crippen LogP contribution in [0.25, 0.3) is 0 Å². The maximum absolute atomic E-state index is 11.7. The molecule has 0 aromatic rings. The van der Waals surface area contributed by atoms with E-state index in [1.165, 1.54) is 0 Å². The largest absolute Gasteiger partial charge is 0.392 e. The van der Waals surface area contributed by atoms with Crippen molar-refractivity contribution in [3.05, 3.63) is 0 Å². The van der Waals surface area contributed by atoms with Crippen molar-refractivity contribution in [2.75, 3.05) is 13.2 Å². The Balaban J connectivity index is 1.59. The molecule has 18 heavy (non-hydrogen) atoms. The zero-order valence-corrected chi connectivity index (χ0v) is 10.4. The van der Waals surface area contributed by atoms with Gasteiger partial charge in [-0.15, -0.1) is 0 Å². The molecular formula is C14H19NO3. The fraction of sp³-hybridized carbons (Fsp3) is 0.786. The Hall–Kier alpha value is -1.05. The zero-order valence-electron chi connectivity index (χ0n) is 10.4. The Bertz CT molecular complexity index is 399. The number of carbonyl (C=O) groups is 1. The van der Waals surface area contributed by atoms with Crippen LogP contribution in [0.15, 0.2) is 0 Å². The summed E-state index contributed by atoms with van der Waals surface area (Å²) in [6, 6.07) is 0.0670. The van der Waals surface area contributed by atoms with Crippen LogP contribution in [-0.4, -0.2) is 36.4 Å². The molecule has 1 spiro atoms. The standard InChI is InChI=1S/C14H19NO3/c16-12-9-11(14(12)5-7-18-8-6-14)15-13(17)4-3-10-1-2-10/h10-12,16H,1-2,5-9H2,(H,15,17)/t11-,12-/m1/s1. The number of rotatable bonds is 1. The van der Waals surface area contributed by atoms with E-state index in [0.717, 1.165) is 25.7 Å². The topological polar surface area (TPSA) is 58.6 Å². The lowest BCUT2D eigenvalue weighted by Gasteiger charge is -2.55. The van der Waals surface area contributed by atoms with E-state index in [1.54, 1.807) is 0 Å². The van der Waals surface area contributed by atoms with Crippen molar-refractivity contribution in [3.8, 4) is 11.8 Å². The maximum atomic E-state index is 11.7. The molecule has 0 aromatic heterocycles. The predicted molar refractivity (Wildman–Crippen MR) is 65.5 cm³/mol. The predicted octanol–water partition coefficient (Wildman–Crippen LogP) is 0.446. The van der Waals surface area contributed by atoms with Crippen molar-refractivity contribution in [1.82, 2.24) is 5.32 Å². The SMILES string of the molecule is O=C(C#CC1CC1)N[C@@H]1C[C@@H](O)C12CCOCC2. The lowest BCUT2D eigenvalue weighted by atomic mass is 9.58. The molecule has 1 amide bonds. The van der Waals surface area contributed by atoms with E-state index in [-0.39, 0.29) is 23.5 Å². The monoisotopic (exact) mass is 249 g/mol. The average molecular weight is 249 g/mol. The molecular weight excluding hydrogens is 230 g/mol. The van der Waals surface area contributed by atoms with Crippen molar-refractivity contribution >= 4 is 5.91 Å². The van der Waals surface area contributed by atoms with Crippen molar-refractivity contribution in [1.29, 1.82) is 0 Å². The van der Waals surface area contributed by atoms with Gasteiger partial charge in [-0.25, -0.2) is 0 Å². The molecule has 4 nitrogen and oxygen atoms in total. The minimum Gasteiger partial charge on any atom is -0.392 e. The number of nitrogens with one attached hydrogen (secondary N) is 1. The van der Waals surface area contributed by atoms with Gasteiger partial charge in [0.05, 0.1) is 6.10 Å². The summed E-state index contributed by atoms with van der Waals surface area (Å²) in [5.74, 6) is 5.88. The third-order valence-electron chi connectivity index (χ3n) is 4.51. The van der Waals surface area contributed by atoms with Crippen LogP contribution in [0.4, 0.5) is 0 Å². The first-order valence-electron chi connectivity index (χ1n) is 6.78. The van der Waals surface area contributed by atoms with Crippen molar-refractivity contribution in [2.45, 2.75) is 44.2 Å². The number of ether oxygens (including phenoxy) is 1. The molecule has 0 unspecified atom stereocenters. The van der Waals surface area contributed by atoms with Crippen LogP contribution < -0.4 is 5.32 Å². The Kier molecular flexibility index (Phi) is 3.04. The van der Waals surface area contributed by atoms with E-state index in [1.807, 2.05) is 0 Å². The molecule has 2 aliphatic carbocycles. The number of hydrogen-bond donors (Lipinski definition) is 2. The Morgan fingerprint density at radius 1 is 1.33 bits per heavy atom. The van der Waals surface area contributed by atoms with Crippen LogP contribution in [0, 0.1) is 23.2 Å². The first-order chi connectivity index (χ1) is 8.71. The molecule has 3 fully saturated rings. The summed E-state index contributed by atoms with van der Waals surface area (Å²) in [7, 11) is 0. The summed E-state index contributed by atoms with van der Waals surface area (Å²) in [5.41, 5.74) is -0.158. The van der Waals surface area contributed by atoms with Gasteiger partial charge in [-0.3, -0.25) is 4.79 Å². The van der Waals surface area contributed by atoms with Crippen LogP contribution in [0.5, 0.6) is 0 Å². The van der Waals surface area contributed by atoms with Gasteiger partial charge in [0.25, 0.3) is 5.91 Å². The van der Waals surface area contributed by atoms with Crippen LogP contribution in [0.3, 0.4) is 0 Å². The summed E-state index contributed by atoms with van der Waals surface area (Å²) in [4.78, 5) is 11.7. The minimum atomic E-state index is -0.303. The van der Waals surface area contributed by atoms with Crippen LogP contribution >= 0.6 is 0 Å². The molecule has 98 valence electrons. The zero-order chi connectivity index (χ0) is 12.6. The summed E-state index contributed by atoms with van der Waals surface area (Å²) in [6.07, 6.45) is 4.26. The van der Waals surface area contributed by atoms with E-state index in [9.17, 15) is 9.90 Å². The first-order valence-corrected chi connectivity index (χ1v) is 6.78. The van der Waals surface area contributed by atoms with Crippen molar-refractivity contribution < 1.29 is 14.6 Å². The summed E-state index contributed by atoms with van der Waals surface area (Å²) in [5, 5.41) is 13.0. The molecule has 2 saturated carbocycles. The van der Waals surface area contributed by atoms with Gasteiger partial charge >= 0.3 is 0 Å². The summed E-state index contributed by atoms with van der Waals surface area (Å²) >= 11 is 0. The van der Waals surface area contributed by atoms with Crippen LogP contribution in [-0.2, 0) is 9.53 Å². The maximum Gasteiger partial charge on any atom is 0.296 e. The quantitative estimate of drug-likeness (QED) is 0.663. The van der Waals surface area contributed by atoms with Gasteiger partial charge in [-0.05, 0) is 38.0 Å². The number of hydrogen-bond acceptors (Lipinski definition) is 3. The lowest BCUT2D eigenvalue weighted by Crippen LogP contribution is -2.65. The van der Waals surface area contributed by atoms with Crippen molar-refractivity contribution in [3.63, 3.8) is 0 Å². The van der Waals surface area contributed by atoms with Gasteiger partial charge < -0.3 is 15.2 Å². The molecule has 2 N–H and O–H groups in total. The fourth-order valence-electron chi connectivity index (χ4n) is 2.99. The Labute approximate surface area is 107 Å². The summed E-state index contributed by atoms with van der Waals surface area (Å²) < 4.78 is 5.34. The average Bonchev–Trinajstić information content (AvgIpc) is 3.21. The van der Waals surface area contributed by atoms with Gasteiger partial charge in [-0.2, -0.15) is 0 Å². The number of amides is 1. The third kappa shape index (κ3) is 2.13. The van der Waals surface area contributed by atoms with Crippen molar-refractivity contribution in [2.24, 2.45) is 11.3 Å². The number of aliphatic hydroxyl groups is 1. The second-order valence-corrected chi connectivity index (χ2v) is 5.67. The molecule has 0 bridgehead atoms. The molecule has 1 heterocycles. The second kappa shape index (κ2) is 4.56.